The van der Waals surface area contributed by atoms with Gasteiger partial charge in [-0.3, -0.25) is 14.6 Å². The van der Waals surface area contributed by atoms with Gasteiger partial charge in [0.1, 0.15) is 12.6 Å². The zero-order valence-electron chi connectivity index (χ0n) is 18.5. The van der Waals surface area contributed by atoms with Crippen LogP contribution in [0.2, 0.25) is 0 Å². The third-order valence-electron chi connectivity index (χ3n) is 5.49. The van der Waals surface area contributed by atoms with Crippen molar-refractivity contribution in [3.63, 3.8) is 0 Å². The molecule has 1 aromatic heterocycles. The van der Waals surface area contributed by atoms with Crippen molar-refractivity contribution in [2.24, 2.45) is 5.92 Å². The molecule has 0 bridgehead atoms. The molecule has 2 heterocycles. The number of pyridine rings is 1. The molecule has 1 aromatic carbocycles. The zero-order valence-corrected chi connectivity index (χ0v) is 18.5. The molecular formula is C24H30N4O4. The van der Waals surface area contributed by atoms with Gasteiger partial charge in [0, 0.05) is 37.1 Å². The van der Waals surface area contributed by atoms with E-state index in [2.05, 4.69) is 15.6 Å². The van der Waals surface area contributed by atoms with Crippen molar-refractivity contribution in [3.05, 3.63) is 66.0 Å². The van der Waals surface area contributed by atoms with Crippen LogP contribution < -0.4 is 10.6 Å². The average Bonchev–Trinajstić information content (AvgIpc) is 2.82. The predicted molar refractivity (Wildman–Crippen MR) is 120 cm³/mol. The highest BCUT2D eigenvalue weighted by molar-refractivity contribution is 5.94. The van der Waals surface area contributed by atoms with Crippen molar-refractivity contribution >= 4 is 17.9 Å². The Hall–Kier alpha value is -3.42. The van der Waals surface area contributed by atoms with Crippen molar-refractivity contribution in [2.45, 2.75) is 45.4 Å². The molecule has 1 aliphatic rings. The Labute approximate surface area is 188 Å². The van der Waals surface area contributed by atoms with Gasteiger partial charge in [-0.2, -0.15) is 0 Å². The lowest BCUT2D eigenvalue weighted by atomic mass is 10.0. The van der Waals surface area contributed by atoms with Crippen LogP contribution in [0.5, 0.6) is 0 Å². The monoisotopic (exact) mass is 438 g/mol. The molecule has 8 nitrogen and oxygen atoms in total. The molecule has 0 saturated carbocycles. The minimum absolute atomic E-state index is 0.0277. The smallest absolute Gasteiger partial charge is 0.408 e. The summed E-state index contributed by atoms with van der Waals surface area (Å²) in [6.45, 7) is 5.01. The highest BCUT2D eigenvalue weighted by atomic mass is 16.5. The molecule has 3 rings (SSSR count). The second kappa shape index (κ2) is 11.3. The quantitative estimate of drug-likeness (QED) is 0.692. The van der Waals surface area contributed by atoms with Crippen LogP contribution in [-0.2, 0) is 16.1 Å². The van der Waals surface area contributed by atoms with Crippen LogP contribution in [0.4, 0.5) is 4.79 Å². The Balaban J connectivity index is 1.46. The van der Waals surface area contributed by atoms with E-state index in [9.17, 15) is 14.4 Å². The van der Waals surface area contributed by atoms with E-state index in [1.54, 1.807) is 29.4 Å². The fourth-order valence-corrected chi connectivity index (χ4v) is 3.62. The molecule has 1 atom stereocenters. The van der Waals surface area contributed by atoms with Crippen molar-refractivity contribution in [3.8, 4) is 0 Å². The predicted octanol–water partition coefficient (Wildman–Crippen LogP) is 2.75. The SMILES string of the molecule is CC(C)[C@H](NC(=O)OCc1ccccc1)C(=O)NC1CCN(C(=O)c2ccncc2)CC1. The first-order valence-corrected chi connectivity index (χ1v) is 10.9. The van der Waals surface area contributed by atoms with Crippen molar-refractivity contribution in [2.75, 3.05) is 13.1 Å². The number of nitrogens with zero attached hydrogens (tertiary/aromatic N) is 2. The zero-order chi connectivity index (χ0) is 22.9. The van der Waals surface area contributed by atoms with Gasteiger partial charge in [0.2, 0.25) is 5.91 Å². The summed E-state index contributed by atoms with van der Waals surface area (Å²) in [7, 11) is 0. The van der Waals surface area contributed by atoms with Gasteiger partial charge in [0.05, 0.1) is 0 Å². The van der Waals surface area contributed by atoms with Crippen molar-refractivity contribution in [1.29, 1.82) is 0 Å². The summed E-state index contributed by atoms with van der Waals surface area (Å²) in [4.78, 5) is 43.3. The van der Waals surface area contributed by atoms with Gasteiger partial charge in [-0.25, -0.2) is 4.79 Å². The van der Waals surface area contributed by atoms with Crippen LogP contribution in [0.15, 0.2) is 54.9 Å². The molecule has 1 aliphatic heterocycles. The number of piperidine rings is 1. The van der Waals surface area contributed by atoms with Crippen LogP contribution in [0, 0.1) is 5.92 Å². The van der Waals surface area contributed by atoms with E-state index >= 15 is 0 Å². The lowest BCUT2D eigenvalue weighted by molar-refractivity contribution is -0.125. The number of likely N-dealkylation sites (tertiary alicyclic amines) is 1. The highest BCUT2D eigenvalue weighted by Gasteiger charge is 2.29. The minimum atomic E-state index is -0.699. The van der Waals surface area contributed by atoms with E-state index in [1.807, 2.05) is 44.2 Å². The molecule has 1 saturated heterocycles. The number of hydrogen-bond donors (Lipinski definition) is 2. The summed E-state index contributed by atoms with van der Waals surface area (Å²) < 4.78 is 5.25. The Morgan fingerprint density at radius 3 is 2.34 bits per heavy atom. The summed E-state index contributed by atoms with van der Waals surface area (Å²) in [5, 5.41) is 5.70. The van der Waals surface area contributed by atoms with E-state index < -0.39 is 12.1 Å². The van der Waals surface area contributed by atoms with E-state index in [1.165, 1.54) is 0 Å². The van der Waals surface area contributed by atoms with Crippen LogP contribution >= 0.6 is 0 Å². The largest absolute Gasteiger partial charge is 0.445 e. The van der Waals surface area contributed by atoms with Crippen molar-refractivity contribution in [1.82, 2.24) is 20.5 Å². The number of carbonyl (C=O) groups is 3. The molecule has 3 amide bonds. The molecule has 170 valence electrons. The van der Waals surface area contributed by atoms with Gasteiger partial charge >= 0.3 is 6.09 Å². The second-order valence-electron chi connectivity index (χ2n) is 8.24. The fraction of sp³-hybridized carbons (Fsp3) is 0.417. The molecular weight excluding hydrogens is 408 g/mol. The van der Waals surface area contributed by atoms with E-state index in [-0.39, 0.29) is 30.4 Å². The molecule has 1 fully saturated rings. The number of nitrogens with one attached hydrogen (secondary N) is 2. The Kier molecular flexibility index (Phi) is 8.19. The number of aromatic nitrogens is 1. The summed E-state index contributed by atoms with van der Waals surface area (Å²) in [5.74, 6) is -0.372. The summed E-state index contributed by atoms with van der Waals surface area (Å²) in [6.07, 6.45) is 3.90. The van der Waals surface area contributed by atoms with E-state index in [0.29, 0.717) is 31.5 Å². The Bertz CT molecular complexity index is 897. The number of ether oxygens (including phenoxy) is 1. The number of carbonyl (C=O) groups excluding carboxylic acids is 3. The van der Waals surface area contributed by atoms with Crippen LogP contribution in [0.3, 0.4) is 0 Å². The number of benzene rings is 1. The third kappa shape index (κ3) is 6.54. The van der Waals surface area contributed by atoms with Gasteiger partial charge < -0.3 is 20.3 Å². The summed E-state index contributed by atoms with van der Waals surface area (Å²) >= 11 is 0. The molecule has 0 radical (unpaired) electrons. The van der Waals surface area contributed by atoms with Gasteiger partial charge in [0.25, 0.3) is 5.91 Å². The number of hydrogen-bond acceptors (Lipinski definition) is 5. The number of alkyl carbamates (subject to hydrolysis) is 1. The normalized spacial score (nSPS) is 15.2. The molecule has 8 heteroatoms. The maximum Gasteiger partial charge on any atom is 0.408 e. The van der Waals surface area contributed by atoms with Crippen LogP contribution in [0.1, 0.15) is 42.6 Å². The number of rotatable bonds is 7. The lowest BCUT2D eigenvalue weighted by Crippen LogP contribution is -2.54. The average molecular weight is 439 g/mol. The van der Waals surface area contributed by atoms with Gasteiger partial charge in [-0.05, 0) is 36.5 Å². The maximum absolute atomic E-state index is 12.8. The first kappa shape index (κ1) is 23.2. The maximum atomic E-state index is 12.8. The molecule has 2 aromatic rings. The highest BCUT2D eigenvalue weighted by Crippen LogP contribution is 2.15. The van der Waals surface area contributed by atoms with Crippen LogP contribution in [-0.4, -0.2) is 53.0 Å². The Morgan fingerprint density at radius 1 is 1.06 bits per heavy atom. The van der Waals surface area contributed by atoms with E-state index in [0.717, 1.165) is 5.56 Å². The fourth-order valence-electron chi connectivity index (χ4n) is 3.62. The first-order valence-electron chi connectivity index (χ1n) is 10.9. The summed E-state index contributed by atoms with van der Waals surface area (Å²) in [6, 6.07) is 12.0. The topological polar surface area (TPSA) is 101 Å². The van der Waals surface area contributed by atoms with Gasteiger partial charge in [-0.15, -0.1) is 0 Å². The molecule has 0 aliphatic carbocycles. The second-order valence-corrected chi connectivity index (χ2v) is 8.24. The number of amides is 3. The Morgan fingerprint density at radius 2 is 1.72 bits per heavy atom. The third-order valence-corrected chi connectivity index (χ3v) is 5.49. The standard InChI is InChI=1S/C24H30N4O4/c1-17(2)21(27-24(31)32-16-18-6-4-3-5-7-18)22(29)26-20-10-14-28(15-11-20)23(30)19-8-12-25-13-9-19/h3-9,12-13,17,20-21H,10-11,14-16H2,1-2H3,(H,26,29)(H,27,31)/t21-/m0/s1. The van der Waals surface area contributed by atoms with Crippen LogP contribution in [0.25, 0.3) is 0 Å². The molecule has 32 heavy (non-hydrogen) atoms. The van der Waals surface area contributed by atoms with Gasteiger partial charge in [0.15, 0.2) is 0 Å². The molecule has 0 spiro atoms. The van der Waals surface area contributed by atoms with Gasteiger partial charge in [-0.1, -0.05) is 44.2 Å². The van der Waals surface area contributed by atoms with E-state index in [4.69, 9.17) is 4.74 Å². The first-order chi connectivity index (χ1) is 15.4. The lowest BCUT2D eigenvalue weighted by Gasteiger charge is -2.33. The molecule has 2 N–H and O–H groups in total. The minimum Gasteiger partial charge on any atom is -0.445 e. The van der Waals surface area contributed by atoms with Crippen molar-refractivity contribution < 1.29 is 19.1 Å². The summed E-state index contributed by atoms with van der Waals surface area (Å²) in [5.41, 5.74) is 1.49. The molecule has 0 unspecified atom stereocenters.